The molecule has 0 unspecified atom stereocenters. The van der Waals surface area contributed by atoms with Crippen molar-refractivity contribution in [3.8, 4) is 11.6 Å². The minimum Gasteiger partial charge on any atom is -0.477 e. The first-order valence-electron chi connectivity index (χ1n) is 5.87. The number of aromatic carboxylic acids is 1. The smallest absolute Gasteiger partial charge is 0.341 e. The van der Waals surface area contributed by atoms with Gasteiger partial charge < -0.3 is 9.84 Å². The lowest BCUT2D eigenvalue weighted by molar-refractivity contribution is 0.0693. The van der Waals surface area contributed by atoms with Gasteiger partial charge in [-0.1, -0.05) is 0 Å². The highest BCUT2D eigenvalue weighted by Gasteiger charge is 2.13. The lowest BCUT2D eigenvalue weighted by atomic mass is 10.2. The zero-order valence-corrected chi connectivity index (χ0v) is 11.3. The molecule has 0 aliphatic rings. The number of ether oxygens (including phenoxy) is 1. The van der Waals surface area contributed by atoms with Crippen molar-refractivity contribution in [3.63, 3.8) is 0 Å². The summed E-state index contributed by atoms with van der Waals surface area (Å²) in [6, 6.07) is 8.47. The molecule has 0 fully saturated rings. The third kappa shape index (κ3) is 2.33. The standard InChI is InChI=1S/C14H10N2O3S/c1-8-16-11-7-9(4-5-12(11)20-8)19-13-10(14(17)18)3-2-6-15-13/h2-7H,1H3,(H,17,18). The fourth-order valence-electron chi connectivity index (χ4n) is 1.83. The van der Waals surface area contributed by atoms with Gasteiger partial charge in [0.1, 0.15) is 11.3 Å². The second-order valence-electron chi connectivity index (χ2n) is 4.13. The molecular formula is C14H10N2O3S. The highest BCUT2D eigenvalue weighted by atomic mass is 32.1. The number of nitrogens with zero attached hydrogens (tertiary/aromatic N) is 2. The summed E-state index contributed by atoms with van der Waals surface area (Å²) in [5, 5.41) is 10.1. The number of pyridine rings is 1. The molecule has 5 nitrogen and oxygen atoms in total. The summed E-state index contributed by atoms with van der Waals surface area (Å²) >= 11 is 1.60. The quantitative estimate of drug-likeness (QED) is 0.798. The summed E-state index contributed by atoms with van der Waals surface area (Å²) in [5.74, 6) is -0.478. The average Bonchev–Trinajstić information content (AvgIpc) is 2.78. The first-order valence-corrected chi connectivity index (χ1v) is 6.68. The zero-order chi connectivity index (χ0) is 14.1. The molecule has 0 aliphatic carbocycles. The second kappa shape index (κ2) is 4.90. The van der Waals surface area contributed by atoms with E-state index in [1.54, 1.807) is 29.5 Å². The van der Waals surface area contributed by atoms with Crippen molar-refractivity contribution < 1.29 is 14.6 Å². The summed E-state index contributed by atoms with van der Waals surface area (Å²) < 4.78 is 6.63. The Morgan fingerprint density at radius 2 is 2.20 bits per heavy atom. The van der Waals surface area contributed by atoms with Crippen molar-refractivity contribution in [2.24, 2.45) is 0 Å². The first-order chi connectivity index (χ1) is 9.63. The molecule has 0 bridgehead atoms. The second-order valence-corrected chi connectivity index (χ2v) is 5.36. The Bertz CT molecular complexity index is 798. The molecule has 0 amide bonds. The predicted molar refractivity (Wildman–Crippen MR) is 75.6 cm³/mol. The van der Waals surface area contributed by atoms with E-state index in [0.29, 0.717) is 5.75 Å². The normalized spacial score (nSPS) is 10.7. The van der Waals surface area contributed by atoms with Gasteiger partial charge in [0.25, 0.3) is 0 Å². The maximum absolute atomic E-state index is 11.1. The number of carboxylic acids is 1. The monoisotopic (exact) mass is 286 g/mol. The number of aromatic nitrogens is 2. The van der Waals surface area contributed by atoms with Crippen molar-refractivity contribution in [2.45, 2.75) is 6.92 Å². The maximum Gasteiger partial charge on any atom is 0.341 e. The minimum absolute atomic E-state index is 0.0297. The fourth-order valence-corrected chi connectivity index (χ4v) is 2.64. The zero-order valence-electron chi connectivity index (χ0n) is 10.5. The van der Waals surface area contributed by atoms with Crippen LogP contribution in [0.1, 0.15) is 15.4 Å². The van der Waals surface area contributed by atoms with Gasteiger partial charge in [-0.05, 0) is 31.2 Å². The number of benzene rings is 1. The van der Waals surface area contributed by atoms with Crippen molar-refractivity contribution in [1.29, 1.82) is 0 Å². The number of rotatable bonds is 3. The molecule has 0 spiro atoms. The molecule has 0 saturated carbocycles. The number of fused-ring (bicyclic) bond motifs is 1. The molecule has 2 heterocycles. The lowest BCUT2D eigenvalue weighted by Gasteiger charge is -2.06. The minimum atomic E-state index is -1.07. The summed E-state index contributed by atoms with van der Waals surface area (Å²) in [4.78, 5) is 19.4. The Hall–Kier alpha value is -2.47. The van der Waals surface area contributed by atoms with Crippen LogP contribution in [0.2, 0.25) is 0 Å². The highest BCUT2D eigenvalue weighted by Crippen LogP contribution is 2.28. The van der Waals surface area contributed by atoms with Crippen molar-refractivity contribution in [2.75, 3.05) is 0 Å². The Balaban J connectivity index is 1.98. The molecule has 20 heavy (non-hydrogen) atoms. The van der Waals surface area contributed by atoms with Crippen LogP contribution in [0, 0.1) is 6.92 Å². The van der Waals surface area contributed by atoms with Crippen LogP contribution in [0.4, 0.5) is 0 Å². The number of hydrogen-bond donors (Lipinski definition) is 1. The van der Waals surface area contributed by atoms with Crippen LogP contribution >= 0.6 is 11.3 Å². The summed E-state index contributed by atoms with van der Waals surface area (Å²) in [5.41, 5.74) is 0.861. The van der Waals surface area contributed by atoms with E-state index in [-0.39, 0.29) is 11.4 Å². The third-order valence-corrected chi connectivity index (χ3v) is 3.63. The summed E-state index contributed by atoms with van der Waals surface area (Å²) in [7, 11) is 0. The molecule has 0 radical (unpaired) electrons. The van der Waals surface area contributed by atoms with Gasteiger partial charge in [0.15, 0.2) is 0 Å². The van der Waals surface area contributed by atoms with E-state index in [1.165, 1.54) is 12.3 Å². The molecule has 1 N–H and O–H groups in total. The van der Waals surface area contributed by atoms with E-state index in [2.05, 4.69) is 9.97 Å². The van der Waals surface area contributed by atoms with Crippen LogP contribution in [0.5, 0.6) is 11.6 Å². The molecule has 3 aromatic rings. The van der Waals surface area contributed by atoms with E-state index in [0.717, 1.165) is 15.2 Å². The van der Waals surface area contributed by atoms with Gasteiger partial charge in [-0.15, -0.1) is 11.3 Å². The van der Waals surface area contributed by atoms with Crippen LogP contribution in [0.3, 0.4) is 0 Å². The summed E-state index contributed by atoms with van der Waals surface area (Å²) in [6.45, 7) is 1.94. The lowest BCUT2D eigenvalue weighted by Crippen LogP contribution is -2.01. The Labute approximate surface area is 118 Å². The molecule has 3 rings (SSSR count). The fraction of sp³-hybridized carbons (Fsp3) is 0.0714. The van der Waals surface area contributed by atoms with Gasteiger partial charge in [-0.25, -0.2) is 14.8 Å². The number of carbonyl (C=O) groups is 1. The summed E-state index contributed by atoms with van der Waals surface area (Å²) in [6.07, 6.45) is 1.49. The van der Waals surface area contributed by atoms with Crippen LogP contribution in [0.15, 0.2) is 36.5 Å². The molecule has 100 valence electrons. The molecule has 0 saturated heterocycles. The molecule has 1 aromatic carbocycles. The maximum atomic E-state index is 11.1. The average molecular weight is 286 g/mol. The van der Waals surface area contributed by atoms with E-state index in [4.69, 9.17) is 9.84 Å². The topological polar surface area (TPSA) is 72.3 Å². The van der Waals surface area contributed by atoms with Crippen molar-refractivity contribution in [3.05, 3.63) is 47.1 Å². The van der Waals surface area contributed by atoms with Gasteiger partial charge in [0.2, 0.25) is 5.88 Å². The molecule has 0 atom stereocenters. The van der Waals surface area contributed by atoms with Gasteiger partial charge in [-0.2, -0.15) is 0 Å². The van der Waals surface area contributed by atoms with Crippen LogP contribution < -0.4 is 4.74 Å². The van der Waals surface area contributed by atoms with Gasteiger partial charge in [0.05, 0.1) is 15.2 Å². The van der Waals surface area contributed by atoms with Crippen LogP contribution in [-0.4, -0.2) is 21.0 Å². The van der Waals surface area contributed by atoms with E-state index < -0.39 is 5.97 Å². The highest BCUT2D eigenvalue weighted by molar-refractivity contribution is 7.18. The van der Waals surface area contributed by atoms with Gasteiger partial charge >= 0.3 is 5.97 Å². The molecule has 0 aliphatic heterocycles. The van der Waals surface area contributed by atoms with E-state index in [1.807, 2.05) is 13.0 Å². The van der Waals surface area contributed by atoms with E-state index >= 15 is 0 Å². The SMILES string of the molecule is Cc1nc2cc(Oc3ncccc3C(=O)O)ccc2s1. The van der Waals surface area contributed by atoms with E-state index in [9.17, 15) is 4.79 Å². The van der Waals surface area contributed by atoms with Crippen LogP contribution in [0.25, 0.3) is 10.2 Å². The number of thiazole rings is 1. The van der Waals surface area contributed by atoms with Crippen molar-refractivity contribution >= 4 is 27.5 Å². The Morgan fingerprint density at radius 1 is 1.35 bits per heavy atom. The number of carboxylic acid groups (broad SMARTS) is 1. The first kappa shape index (κ1) is 12.6. The third-order valence-electron chi connectivity index (χ3n) is 2.68. The van der Waals surface area contributed by atoms with Gasteiger partial charge in [0, 0.05) is 12.3 Å². The van der Waals surface area contributed by atoms with Crippen LogP contribution in [-0.2, 0) is 0 Å². The number of aryl methyl sites for hydroxylation is 1. The van der Waals surface area contributed by atoms with Gasteiger partial charge in [-0.3, -0.25) is 0 Å². The number of hydrogen-bond acceptors (Lipinski definition) is 5. The predicted octanol–water partition coefficient (Wildman–Crippen LogP) is 3.49. The molecular weight excluding hydrogens is 276 g/mol. The van der Waals surface area contributed by atoms with Crippen molar-refractivity contribution in [1.82, 2.24) is 9.97 Å². The Morgan fingerprint density at radius 3 is 3.00 bits per heavy atom. The Kier molecular flexibility index (Phi) is 3.08. The largest absolute Gasteiger partial charge is 0.477 e. The molecule has 6 heteroatoms. The molecule has 2 aromatic heterocycles.